The minimum Gasteiger partial charge on any atom is -0.0885 e. The van der Waals surface area contributed by atoms with Crippen LogP contribution in [-0.2, 0) is 0 Å². The molecule has 0 unspecified atom stereocenters. The van der Waals surface area contributed by atoms with Crippen LogP contribution in [0.3, 0.4) is 0 Å². The Kier molecular flexibility index (Phi) is 11.4. The fraction of sp³-hybridized carbons (Fsp3) is 0.636. The Morgan fingerprint density at radius 2 is 1.58 bits per heavy atom. The van der Waals surface area contributed by atoms with Crippen LogP contribution < -0.4 is 0 Å². The fourth-order valence-electron chi connectivity index (χ4n) is 1.00. The summed E-state index contributed by atoms with van der Waals surface area (Å²) >= 11 is 2.26. The molecule has 0 aliphatic heterocycles. The van der Waals surface area contributed by atoms with Crippen molar-refractivity contribution in [3.8, 4) is 0 Å². The predicted molar refractivity (Wildman–Crippen MR) is 65.7 cm³/mol. The monoisotopic (exact) mass is 278 g/mol. The first kappa shape index (κ1) is 12.2. The molecule has 0 fully saturated rings. The highest BCUT2D eigenvalue weighted by Gasteiger charge is 1.81. The van der Waals surface area contributed by atoms with Crippen LogP contribution in [0.25, 0.3) is 0 Å². The van der Waals surface area contributed by atoms with E-state index in [1.54, 1.807) is 0 Å². The SMILES string of the molecule is CCCCCC=CCC/C=C/I. The fourth-order valence-corrected chi connectivity index (χ4v) is 1.36. The number of hydrogen-bond acceptors (Lipinski definition) is 0. The molecule has 0 saturated heterocycles. The molecular formula is C11H19I. The molecule has 0 aromatic carbocycles. The molecule has 0 aliphatic carbocycles. The lowest BCUT2D eigenvalue weighted by atomic mass is 10.2. The van der Waals surface area contributed by atoms with Gasteiger partial charge in [-0.1, -0.05) is 60.6 Å². The van der Waals surface area contributed by atoms with Crippen LogP contribution in [0.5, 0.6) is 0 Å². The molecule has 1 heteroatoms. The molecule has 0 amide bonds. The summed E-state index contributed by atoms with van der Waals surface area (Å²) in [6.07, 6.45) is 14.5. The van der Waals surface area contributed by atoms with Gasteiger partial charge in [0.1, 0.15) is 0 Å². The number of hydrogen-bond donors (Lipinski definition) is 0. The second kappa shape index (κ2) is 11.2. The normalized spacial score (nSPS) is 11.8. The Balaban J connectivity index is 3.03. The summed E-state index contributed by atoms with van der Waals surface area (Å²) in [5.74, 6) is 0. The third kappa shape index (κ3) is 10.2. The minimum absolute atomic E-state index is 1.19. The molecule has 0 bridgehead atoms. The molecule has 70 valence electrons. The zero-order valence-corrected chi connectivity index (χ0v) is 10.1. The van der Waals surface area contributed by atoms with E-state index < -0.39 is 0 Å². The zero-order valence-electron chi connectivity index (χ0n) is 7.93. The standard InChI is InChI=1S/C11H19I/c1-2-3-4-5-6-7-8-9-10-11-12/h6-7,10-11H,2-5,8-9H2,1H3/b7-6?,11-10+. The first-order valence-corrected chi connectivity index (χ1v) is 6.06. The Morgan fingerprint density at radius 3 is 2.25 bits per heavy atom. The lowest BCUT2D eigenvalue weighted by Crippen LogP contribution is -1.71. The molecule has 0 saturated carbocycles. The molecule has 0 radical (unpaired) electrons. The summed E-state index contributed by atoms with van der Waals surface area (Å²) in [4.78, 5) is 0. The highest BCUT2D eigenvalue weighted by molar-refractivity contribution is 14.1. The average molecular weight is 278 g/mol. The second-order valence-electron chi connectivity index (χ2n) is 2.91. The van der Waals surface area contributed by atoms with Crippen molar-refractivity contribution in [3.05, 3.63) is 22.3 Å². The molecule has 0 N–H and O–H groups in total. The van der Waals surface area contributed by atoms with E-state index in [-0.39, 0.29) is 0 Å². The molecule has 0 aliphatic rings. The summed E-state index contributed by atoms with van der Waals surface area (Å²) in [6, 6.07) is 0. The quantitative estimate of drug-likeness (QED) is 0.354. The highest BCUT2D eigenvalue weighted by atomic mass is 127. The molecule has 0 heterocycles. The van der Waals surface area contributed by atoms with Crippen molar-refractivity contribution in [2.75, 3.05) is 0 Å². The van der Waals surface area contributed by atoms with Crippen molar-refractivity contribution in [1.82, 2.24) is 0 Å². The Labute approximate surface area is 90.3 Å². The van der Waals surface area contributed by atoms with Crippen LogP contribution in [0.2, 0.25) is 0 Å². The molecule has 12 heavy (non-hydrogen) atoms. The highest BCUT2D eigenvalue weighted by Crippen LogP contribution is 2.01. The molecule has 0 nitrogen and oxygen atoms in total. The van der Waals surface area contributed by atoms with Crippen LogP contribution in [0, 0.1) is 0 Å². The number of allylic oxidation sites excluding steroid dienone is 3. The summed E-state index contributed by atoms with van der Waals surface area (Å²) < 4.78 is 2.09. The van der Waals surface area contributed by atoms with Gasteiger partial charge in [-0.25, -0.2) is 0 Å². The summed E-state index contributed by atoms with van der Waals surface area (Å²) in [5.41, 5.74) is 0. The van der Waals surface area contributed by atoms with E-state index in [4.69, 9.17) is 0 Å². The van der Waals surface area contributed by atoms with Gasteiger partial charge in [0.25, 0.3) is 0 Å². The van der Waals surface area contributed by atoms with Gasteiger partial charge in [-0.05, 0) is 29.8 Å². The van der Waals surface area contributed by atoms with Crippen molar-refractivity contribution in [2.45, 2.75) is 45.4 Å². The van der Waals surface area contributed by atoms with Gasteiger partial charge in [0, 0.05) is 0 Å². The molecule has 0 rings (SSSR count). The number of halogens is 1. The second-order valence-corrected chi connectivity index (χ2v) is 3.63. The zero-order chi connectivity index (χ0) is 9.07. The van der Waals surface area contributed by atoms with Crippen molar-refractivity contribution >= 4 is 22.6 Å². The maximum Gasteiger partial charge on any atom is -0.0274 e. The van der Waals surface area contributed by atoms with E-state index in [1.165, 1.54) is 38.5 Å². The first-order chi connectivity index (χ1) is 5.91. The summed E-state index contributed by atoms with van der Waals surface area (Å²) in [5, 5.41) is 0. The van der Waals surface area contributed by atoms with Gasteiger partial charge in [-0.15, -0.1) is 0 Å². The largest absolute Gasteiger partial charge is 0.0885 e. The summed E-state index contributed by atoms with van der Waals surface area (Å²) in [6.45, 7) is 2.24. The number of unbranched alkanes of at least 4 members (excludes halogenated alkanes) is 4. The van der Waals surface area contributed by atoms with Gasteiger partial charge in [0.2, 0.25) is 0 Å². The molecule has 0 aromatic rings. The minimum atomic E-state index is 1.19. The lowest BCUT2D eigenvalue weighted by Gasteiger charge is -1.91. The van der Waals surface area contributed by atoms with Gasteiger partial charge in [-0.2, -0.15) is 0 Å². The van der Waals surface area contributed by atoms with E-state index in [2.05, 4.69) is 51.8 Å². The van der Waals surface area contributed by atoms with E-state index >= 15 is 0 Å². The van der Waals surface area contributed by atoms with E-state index in [9.17, 15) is 0 Å². The van der Waals surface area contributed by atoms with Crippen LogP contribution in [0.15, 0.2) is 22.3 Å². The molecule has 0 spiro atoms. The Bertz CT molecular complexity index is 125. The van der Waals surface area contributed by atoms with Crippen LogP contribution in [0.1, 0.15) is 45.4 Å². The van der Waals surface area contributed by atoms with Crippen LogP contribution in [0.4, 0.5) is 0 Å². The van der Waals surface area contributed by atoms with Crippen molar-refractivity contribution in [2.24, 2.45) is 0 Å². The third-order valence-electron chi connectivity index (χ3n) is 1.73. The maximum absolute atomic E-state index is 2.32. The molecular weight excluding hydrogens is 259 g/mol. The van der Waals surface area contributed by atoms with Gasteiger partial charge >= 0.3 is 0 Å². The predicted octanol–water partition coefficient (Wildman–Crippen LogP) is 4.85. The van der Waals surface area contributed by atoms with E-state index in [0.29, 0.717) is 0 Å². The van der Waals surface area contributed by atoms with Crippen LogP contribution >= 0.6 is 22.6 Å². The van der Waals surface area contributed by atoms with Gasteiger partial charge in [0.15, 0.2) is 0 Å². The van der Waals surface area contributed by atoms with E-state index in [1.807, 2.05) is 0 Å². The topological polar surface area (TPSA) is 0 Å². The van der Waals surface area contributed by atoms with Crippen molar-refractivity contribution < 1.29 is 0 Å². The van der Waals surface area contributed by atoms with Crippen LogP contribution in [-0.4, -0.2) is 0 Å². The van der Waals surface area contributed by atoms with Crippen molar-refractivity contribution in [3.63, 3.8) is 0 Å². The first-order valence-electron chi connectivity index (χ1n) is 4.82. The Hall–Kier alpha value is 0.210. The van der Waals surface area contributed by atoms with Gasteiger partial charge < -0.3 is 0 Å². The summed E-state index contributed by atoms with van der Waals surface area (Å²) in [7, 11) is 0. The smallest absolute Gasteiger partial charge is 0.0274 e. The van der Waals surface area contributed by atoms with Gasteiger partial charge in [0.05, 0.1) is 0 Å². The van der Waals surface area contributed by atoms with Gasteiger partial charge in [-0.3, -0.25) is 0 Å². The Morgan fingerprint density at radius 1 is 0.917 bits per heavy atom. The number of rotatable bonds is 7. The maximum atomic E-state index is 2.32. The van der Waals surface area contributed by atoms with E-state index in [0.717, 1.165) is 0 Å². The molecule has 0 aromatic heterocycles. The third-order valence-corrected chi connectivity index (χ3v) is 2.24. The lowest BCUT2D eigenvalue weighted by molar-refractivity contribution is 0.728. The molecule has 0 atom stereocenters. The van der Waals surface area contributed by atoms with Crippen molar-refractivity contribution in [1.29, 1.82) is 0 Å². The average Bonchev–Trinajstić information content (AvgIpc) is 2.10.